The number of pyridine rings is 1. The van der Waals surface area contributed by atoms with Gasteiger partial charge in [0.25, 0.3) is 5.91 Å². The van der Waals surface area contributed by atoms with Gasteiger partial charge in [-0.2, -0.15) is 0 Å². The number of aryl methyl sites for hydroxylation is 1. The highest BCUT2D eigenvalue weighted by atomic mass is 19.1. The average molecular weight is 320 g/mol. The van der Waals surface area contributed by atoms with Crippen LogP contribution in [0.2, 0.25) is 0 Å². The molecule has 3 nitrogen and oxygen atoms in total. The highest BCUT2D eigenvalue weighted by Crippen LogP contribution is 2.25. The molecular weight excluding hydrogens is 303 g/mol. The third-order valence-electron chi connectivity index (χ3n) is 4.02. The van der Waals surface area contributed by atoms with Crippen molar-refractivity contribution in [3.8, 4) is 11.1 Å². The molecule has 0 aliphatic rings. The van der Waals surface area contributed by atoms with Crippen LogP contribution in [0.25, 0.3) is 11.1 Å². The van der Waals surface area contributed by atoms with Crippen molar-refractivity contribution in [3.63, 3.8) is 0 Å². The molecule has 3 rings (SSSR count). The van der Waals surface area contributed by atoms with Crippen molar-refractivity contribution in [2.45, 2.75) is 13.8 Å². The molecule has 4 heteroatoms. The Morgan fingerprint density at radius 2 is 1.79 bits per heavy atom. The standard InChI is InChI=1S/C20H17FN2O/c1-13-4-3-5-19(14(13)2)15-10-16(12-22-11-15)20(24)23-18-8-6-17(21)7-9-18/h3-12H,1-2H3,(H,23,24). The predicted molar refractivity (Wildman–Crippen MR) is 93.5 cm³/mol. The number of hydrogen-bond donors (Lipinski definition) is 1. The fourth-order valence-electron chi connectivity index (χ4n) is 2.51. The van der Waals surface area contributed by atoms with Gasteiger partial charge in [0, 0.05) is 23.6 Å². The molecular formula is C20H17FN2O. The van der Waals surface area contributed by atoms with Crippen molar-refractivity contribution in [2.24, 2.45) is 0 Å². The molecule has 1 N–H and O–H groups in total. The molecule has 1 amide bonds. The molecule has 0 aliphatic heterocycles. The van der Waals surface area contributed by atoms with Crippen molar-refractivity contribution in [2.75, 3.05) is 5.32 Å². The Bertz CT molecular complexity index is 888. The molecule has 3 aromatic rings. The minimum atomic E-state index is -0.341. The summed E-state index contributed by atoms with van der Waals surface area (Å²) in [7, 11) is 0. The fraction of sp³-hybridized carbons (Fsp3) is 0.100. The average Bonchev–Trinajstić information content (AvgIpc) is 2.59. The van der Waals surface area contributed by atoms with Gasteiger partial charge in [0.15, 0.2) is 0 Å². The number of benzene rings is 2. The Hall–Kier alpha value is -3.01. The third-order valence-corrected chi connectivity index (χ3v) is 4.02. The van der Waals surface area contributed by atoms with Crippen LogP contribution >= 0.6 is 0 Å². The van der Waals surface area contributed by atoms with Crippen LogP contribution in [0, 0.1) is 19.7 Å². The molecule has 24 heavy (non-hydrogen) atoms. The molecule has 0 spiro atoms. The van der Waals surface area contributed by atoms with E-state index < -0.39 is 0 Å². The number of rotatable bonds is 3. The number of carbonyl (C=O) groups is 1. The number of halogens is 1. The van der Waals surface area contributed by atoms with E-state index in [1.54, 1.807) is 6.20 Å². The van der Waals surface area contributed by atoms with Crippen LogP contribution < -0.4 is 5.32 Å². The summed E-state index contributed by atoms with van der Waals surface area (Å²) in [6.45, 7) is 4.10. The number of carbonyl (C=O) groups excluding carboxylic acids is 1. The summed E-state index contributed by atoms with van der Waals surface area (Å²) in [5, 5.41) is 2.74. The molecule has 0 bridgehead atoms. The third kappa shape index (κ3) is 3.33. The van der Waals surface area contributed by atoms with Gasteiger partial charge >= 0.3 is 0 Å². The van der Waals surface area contributed by atoms with E-state index in [1.807, 2.05) is 18.2 Å². The normalized spacial score (nSPS) is 10.5. The van der Waals surface area contributed by atoms with Crippen LogP contribution in [-0.2, 0) is 0 Å². The topological polar surface area (TPSA) is 42.0 Å². The molecule has 1 aromatic heterocycles. The van der Waals surface area contributed by atoms with E-state index in [0.29, 0.717) is 11.3 Å². The van der Waals surface area contributed by atoms with Crippen LogP contribution in [0.3, 0.4) is 0 Å². The summed E-state index contributed by atoms with van der Waals surface area (Å²) >= 11 is 0. The quantitative estimate of drug-likeness (QED) is 0.756. The molecule has 0 saturated heterocycles. The van der Waals surface area contributed by atoms with E-state index in [1.165, 1.54) is 36.0 Å². The van der Waals surface area contributed by atoms with Gasteiger partial charge in [-0.1, -0.05) is 18.2 Å². The molecule has 0 fully saturated rings. The summed E-state index contributed by atoms with van der Waals surface area (Å²) in [4.78, 5) is 16.6. The van der Waals surface area contributed by atoms with E-state index in [9.17, 15) is 9.18 Å². The molecule has 0 unspecified atom stereocenters. The first-order chi connectivity index (χ1) is 11.5. The van der Waals surface area contributed by atoms with E-state index in [4.69, 9.17) is 0 Å². The van der Waals surface area contributed by atoms with Crippen molar-refractivity contribution < 1.29 is 9.18 Å². The Morgan fingerprint density at radius 3 is 2.54 bits per heavy atom. The van der Waals surface area contributed by atoms with E-state index in [0.717, 1.165) is 16.7 Å². The summed E-state index contributed by atoms with van der Waals surface area (Å²) in [5.74, 6) is -0.618. The van der Waals surface area contributed by atoms with Crippen molar-refractivity contribution in [3.05, 3.63) is 83.4 Å². The lowest BCUT2D eigenvalue weighted by molar-refractivity contribution is 0.102. The Morgan fingerprint density at radius 1 is 1.04 bits per heavy atom. The minimum absolute atomic E-state index is 0.277. The zero-order chi connectivity index (χ0) is 17.1. The molecule has 0 radical (unpaired) electrons. The monoisotopic (exact) mass is 320 g/mol. The second-order valence-corrected chi connectivity index (χ2v) is 5.67. The lowest BCUT2D eigenvalue weighted by Gasteiger charge is -2.10. The Labute approximate surface area is 140 Å². The minimum Gasteiger partial charge on any atom is -0.322 e. The second kappa shape index (κ2) is 6.62. The molecule has 0 atom stereocenters. The number of anilines is 1. The van der Waals surface area contributed by atoms with E-state index in [-0.39, 0.29) is 11.7 Å². The molecule has 0 aliphatic carbocycles. The Balaban J connectivity index is 1.88. The van der Waals surface area contributed by atoms with Gasteiger partial charge in [-0.05, 0) is 60.9 Å². The predicted octanol–water partition coefficient (Wildman–Crippen LogP) is 4.76. The highest BCUT2D eigenvalue weighted by Gasteiger charge is 2.10. The molecule has 2 aromatic carbocycles. The van der Waals surface area contributed by atoms with Crippen molar-refractivity contribution in [1.82, 2.24) is 4.98 Å². The van der Waals surface area contributed by atoms with Gasteiger partial charge in [-0.25, -0.2) is 4.39 Å². The molecule has 1 heterocycles. The summed E-state index contributed by atoms with van der Waals surface area (Å²) in [6, 6.07) is 13.5. The van der Waals surface area contributed by atoms with Gasteiger partial charge in [0.05, 0.1) is 5.56 Å². The van der Waals surface area contributed by atoms with Crippen LogP contribution in [0.15, 0.2) is 60.9 Å². The summed E-state index contributed by atoms with van der Waals surface area (Å²) in [6.07, 6.45) is 3.27. The van der Waals surface area contributed by atoms with Crippen molar-refractivity contribution in [1.29, 1.82) is 0 Å². The van der Waals surface area contributed by atoms with Gasteiger partial charge in [-0.3, -0.25) is 9.78 Å². The number of amides is 1. The smallest absolute Gasteiger partial charge is 0.257 e. The zero-order valence-electron chi connectivity index (χ0n) is 13.5. The second-order valence-electron chi connectivity index (χ2n) is 5.67. The SMILES string of the molecule is Cc1cccc(-c2cncc(C(=O)Nc3ccc(F)cc3)c2)c1C. The van der Waals surface area contributed by atoms with Gasteiger partial charge in [0.2, 0.25) is 0 Å². The maximum absolute atomic E-state index is 12.9. The number of nitrogens with zero attached hydrogens (tertiary/aromatic N) is 1. The number of hydrogen-bond acceptors (Lipinski definition) is 2. The molecule has 0 saturated carbocycles. The first kappa shape index (κ1) is 15.9. The summed E-state index contributed by atoms with van der Waals surface area (Å²) in [5.41, 5.74) is 5.29. The summed E-state index contributed by atoms with van der Waals surface area (Å²) < 4.78 is 12.9. The lowest BCUT2D eigenvalue weighted by atomic mass is 9.97. The van der Waals surface area contributed by atoms with Crippen LogP contribution in [0.1, 0.15) is 21.5 Å². The lowest BCUT2D eigenvalue weighted by Crippen LogP contribution is -2.12. The van der Waals surface area contributed by atoms with Gasteiger partial charge in [0.1, 0.15) is 5.82 Å². The Kier molecular flexibility index (Phi) is 4.38. The van der Waals surface area contributed by atoms with Crippen LogP contribution in [0.4, 0.5) is 10.1 Å². The first-order valence-corrected chi connectivity index (χ1v) is 7.63. The van der Waals surface area contributed by atoms with Gasteiger partial charge < -0.3 is 5.32 Å². The van der Waals surface area contributed by atoms with Gasteiger partial charge in [-0.15, -0.1) is 0 Å². The van der Waals surface area contributed by atoms with Crippen molar-refractivity contribution >= 4 is 11.6 Å². The maximum Gasteiger partial charge on any atom is 0.257 e. The first-order valence-electron chi connectivity index (χ1n) is 7.63. The number of nitrogens with one attached hydrogen (secondary N) is 1. The fourth-order valence-corrected chi connectivity index (χ4v) is 2.51. The number of aromatic nitrogens is 1. The highest BCUT2D eigenvalue weighted by molar-refractivity contribution is 6.04. The van der Waals surface area contributed by atoms with E-state index >= 15 is 0 Å². The maximum atomic E-state index is 12.9. The van der Waals surface area contributed by atoms with Crippen LogP contribution in [0.5, 0.6) is 0 Å². The van der Waals surface area contributed by atoms with E-state index in [2.05, 4.69) is 30.2 Å². The van der Waals surface area contributed by atoms with Crippen LogP contribution in [-0.4, -0.2) is 10.9 Å². The molecule has 120 valence electrons. The largest absolute Gasteiger partial charge is 0.322 e. The zero-order valence-corrected chi connectivity index (χ0v) is 13.5.